The minimum atomic E-state index is 0.681. The molecule has 3 aromatic rings. The summed E-state index contributed by atoms with van der Waals surface area (Å²) in [6.07, 6.45) is 6.10. The first-order chi connectivity index (χ1) is 10.8. The van der Waals surface area contributed by atoms with Gasteiger partial charge in [-0.25, -0.2) is 0 Å². The molecule has 0 aliphatic carbocycles. The molecular formula is C20H18N2. The molecule has 0 atom stereocenters. The Morgan fingerprint density at radius 3 is 2.64 bits per heavy atom. The van der Waals surface area contributed by atoms with Crippen LogP contribution in [0.4, 0.5) is 0 Å². The number of nitrogens with zero attached hydrogens (tertiary/aromatic N) is 1. The van der Waals surface area contributed by atoms with Crippen LogP contribution in [0.5, 0.6) is 0 Å². The Morgan fingerprint density at radius 1 is 1.14 bits per heavy atom. The van der Waals surface area contributed by atoms with Crippen molar-refractivity contribution in [3.63, 3.8) is 0 Å². The van der Waals surface area contributed by atoms with Gasteiger partial charge in [0.15, 0.2) is 0 Å². The number of aromatic nitrogens is 1. The number of para-hydroxylation sites is 1. The quantitative estimate of drug-likeness (QED) is 0.659. The summed E-state index contributed by atoms with van der Waals surface area (Å²) in [5.74, 6) is 0. The summed E-state index contributed by atoms with van der Waals surface area (Å²) in [6.45, 7) is 2.18. The second kappa shape index (κ2) is 6.32. The van der Waals surface area contributed by atoms with Crippen molar-refractivity contribution in [2.45, 2.75) is 19.8 Å². The lowest BCUT2D eigenvalue weighted by Gasteiger charge is -2.01. The van der Waals surface area contributed by atoms with Crippen molar-refractivity contribution < 1.29 is 0 Å². The van der Waals surface area contributed by atoms with Gasteiger partial charge in [0, 0.05) is 22.7 Å². The molecule has 0 fully saturated rings. The number of rotatable bonds is 4. The van der Waals surface area contributed by atoms with Crippen molar-refractivity contribution in [3.8, 4) is 6.07 Å². The van der Waals surface area contributed by atoms with Gasteiger partial charge < -0.3 is 4.98 Å². The molecule has 0 bridgehead atoms. The Bertz CT molecular complexity index is 845. The van der Waals surface area contributed by atoms with E-state index in [0.717, 1.165) is 34.9 Å². The van der Waals surface area contributed by atoms with Crippen molar-refractivity contribution in [2.75, 3.05) is 0 Å². The van der Waals surface area contributed by atoms with Gasteiger partial charge in [-0.15, -0.1) is 0 Å². The molecular weight excluding hydrogens is 268 g/mol. The predicted octanol–water partition coefficient (Wildman–Crippen LogP) is 5.18. The molecule has 0 unspecified atom stereocenters. The van der Waals surface area contributed by atoms with E-state index in [4.69, 9.17) is 0 Å². The number of allylic oxidation sites excluding steroid dienone is 1. The summed E-state index contributed by atoms with van der Waals surface area (Å²) in [4.78, 5) is 3.22. The van der Waals surface area contributed by atoms with Gasteiger partial charge >= 0.3 is 0 Å². The summed E-state index contributed by atoms with van der Waals surface area (Å²) in [5.41, 5.74) is 5.08. The van der Waals surface area contributed by atoms with Gasteiger partial charge in [0.1, 0.15) is 0 Å². The zero-order chi connectivity index (χ0) is 15.4. The monoisotopic (exact) mass is 286 g/mol. The maximum Gasteiger partial charge on any atom is 0.0998 e. The van der Waals surface area contributed by atoms with Gasteiger partial charge in [-0.3, -0.25) is 0 Å². The van der Waals surface area contributed by atoms with Crippen molar-refractivity contribution in [1.29, 1.82) is 5.26 Å². The Morgan fingerprint density at radius 2 is 1.91 bits per heavy atom. The molecule has 2 aromatic carbocycles. The lowest BCUT2D eigenvalue weighted by atomic mass is 10.0. The number of fused-ring (bicyclic) bond motifs is 1. The van der Waals surface area contributed by atoms with Crippen LogP contribution < -0.4 is 0 Å². The van der Waals surface area contributed by atoms with Crippen molar-refractivity contribution in [1.82, 2.24) is 4.98 Å². The first-order valence-electron chi connectivity index (χ1n) is 7.59. The fraction of sp³-hybridized carbons (Fsp3) is 0.150. The maximum atomic E-state index is 9.53. The number of hydrogen-bond donors (Lipinski definition) is 1. The van der Waals surface area contributed by atoms with E-state index in [1.807, 2.05) is 36.5 Å². The Kier molecular flexibility index (Phi) is 4.07. The molecule has 0 amide bonds. The van der Waals surface area contributed by atoms with E-state index in [0.29, 0.717) is 5.57 Å². The van der Waals surface area contributed by atoms with Crippen LogP contribution in [-0.2, 0) is 6.42 Å². The normalized spacial score (nSPS) is 11.5. The minimum Gasteiger partial charge on any atom is -0.361 e. The molecule has 0 saturated heterocycles. The van der Waals surface area contributed by atoms with Crippen LogP contribution in [0.2, 0.25) is 0 Å². The predicted molar refractivity (Wildman–Crippen MR) is 92.2 cm³/mol. The van der Waals surface area contributed by atoms with E-state index in [1.165, 1.54) is 5.56 Å². The zero-order valence-corrected chi connectivity index (χ0v) is 12.6. The molecule has 0 aliphatic heterocycles. The van der Waals surface area contributed by atoms with Gasteiger partial charge in [0.25, 0.3) is 0 Å². The molecule has 1 N–H and O–H groups in total. The average molecular weight is 286 g/mol. The molecule has 22 heavy (non-hydrogen) atoms. The summed E-state index contributed by atoms with van der Waals surface area (Å²) in [7, 11) is 0. The summed E-state index contributed by atoms with van der Waals surface area (Å²) in [5, 5.41) is 10.6. The fourth-order valence-electron chi connectivity index (χ4n) is 2.70. The number of nitrogens with one attached hydrogen (secondary N) is 1. The number of H-pyrrole nitrogens is 1. The molecule has 2 nitrogen and oxygen atoms in total. The molecule has 1 aromatic heterocycles. The highest BCUT2D eigenvalue weighted by Gasteiger charge is 2.07. The van der Waals surface area contributed by atoms with E-state index in [1.54, 1.807) is 0 Å². The largest absolute Gasteiger partial charge is 0.361 e. The van der Waals surface area contributed by atoms with Gasteiger partial charge in [0.2, 0.25) is 0 Å². The smallest absolute Gasteiger partial charge is 0.0998 e. The van der Waals surface area contributed by atoms with Crippen molar-refractivity contribution in [2.24, 2.45) is 0 Å². The fourth-order valence-corrected chi connectivity index (χ4v) is 2.70. The molecule has 0 aliphatic rings. The van der Waals surface area contributed by atoms with Crippen LogP contribution in [0, 0.1) is 11.3 Å². The average Bonchev–Trinajstić information content (AvgIpc) is 2.98. The van der Waals surface area contributed by atoms with Crippen molar-refractivity contribution in [3.05, 3.63) is 71.4 Å². The van der Waals surface area contributed by atoms with Gasteiger partial charge in [0.05, 0.1) is 11.6 Å². The Hall–Kier alpha value is -2.79. The number of benzene rings is 2. The number of hydrogen-bond acceptors (Lipinski definition) is 1. The standard InChI is InChI=1S/C20H18N2/c1-2-5-15-8-10-16(11-9-15)12-17(13-21)19-14-22-20-7-4-3-6-18(19)20/h3-4,6-12,14,22H,2,5H2,1H3. The van der Waals surface area contributed by atoms with Crippen LogP contribution in [0.1, 0.15) is 30.0 Å². The van der Waals surface area contributed by atoms with E-state index in [-0.39, 0.29) is 0 Å². The summed E-state index contributed by atoms with van der Waals surface area (Å²) >= 11 is 0. The SMILES string of the molecule is CCCc1ccc(C=C(C#N)c2c[nH]c3ccccc23)cc1. The molecule has 2 heteroatoms. The first kappa shape index (κ1) is 14.2. The zero-order valence-electron chi connectivity index (χ0n) is 12.6. The molecule has 0 spiro atoms. The van der Waals surface area contributed by atoms with Gasteiger partial charge in [-0.1, -0.05) is 55.8 Å². The van der Waals surface area contributed by atoms with E-state index < -0.39 is 0 Å². The van der Waals surface area contributed by atoms with E-state index >= 15 is 0 Å². The molecule has 3 rings (SSSR count). The van der Waals surface area contributed by atoms with Gasteiger partial charge in [-0.05, 0) is 29.7 Å². The summed E-state index contributed by atoms with van der Waals surface area (Å²) in [6, 6.07) is 18.8. The molecule has 0 saturated carbocycles. The highest BCUT2D eigenvalue weighted by molar-refractivity contribution is 6.01. The maximum absolute atomic E-state index is 9.53. The summed E-state index contributed by atoms with van der Waals surface area (Å²) < 4.78 is 0. The van der Waals surface area contributed by atoms with Crippen LogP contribution in [0.25, 0.3) is 22.6 Å². The first-order valence-corrected chi connectivity index (χ1v) is 7.59. The highest BCUT2D eigenvalue weighted by Crippen LogP contribution is 2.26. The van der Waals surface area contributed by atoms with Crippen LogP contribution in [0.3, 0.4) is 0 Å². The third-order valence-electron chi connectivity index (χ3n) is 3.83. The third-order valence-corrected chi connectivity index (χ3v) is 3.83. The Labute approximate surface area is 130 Å². The van der Waals surface area contributed by atoms with E-state index in [9.17, 15) is 5.26 Å². The number of nitriles is 1. The molecule has 1 heterocycles. The third kappa shape index (κ3) is 2.80. The van der Waals surface area contributed by atoms with Crippen LogP contribution in [0.15, 0.2) is 54.7 Å². The van der Waals surface area contributed by atoms with Crippen LogP contribution in [-0.4, -0.2) is 4.98 Å². The highest BCUT2D eigenvalue weighted by atomic mass is 14.7. The molecule has 108 valence electrons. The van der Waals surface area contributed by atoms with Crippen molar-refractivity contribution >= 4 is 22.6 Å². The number of aryl methyl sites for hydroxylation is 1. The number of aromatic amines is 1. The van der Waals surface area contributed by atoms with Gasteiger partial charge in [-0.2, -0.15) is 5.26 Å². The second-order valence-electron chi connectivity index (χ2n) is 5.41. The van der Waals surface area contributed by atoms with E-state index in [2.05, 4.69) is 42.2 Å². The molecule has 0 radical (unpaired) electrons. The minimum absolute atomic E-state index is 0.681. The lowest BCUT2D eigenvalue weighted by Crippen LogP contribution is -1.84. The second-order valence-corrected chi connectivity index (χ2v) is 5.41. The van der Waals surface area contributed by atoms with Crippen LogP contribution >= 0.6 is 0 Å². The Balaban J connectivity index is 1.98. The lowest BCUT2D eigenvalue weighted by molar-refractivity contribution is 0.922. The topological polar surface area (TPSA) is 39.6 Å².